The molecule has 0 radical (unpaired) electrons. The molecule has 0 amide bonds. The molecule has 2 N–H and O–H groups in total. The van der Waals surface area contributed by atoms with Gasteiger partial charge in [0.25, 0.3) is 0 Å². The highest BCUT2D eigenvalue weighted by Crippen LogP contribution is 2.30. The zero-order chi connectivity index (χ0) is 15.6. The molecule has 2 aromatic rings. The van der Waals surface area contributed by atoms with Crippen molar-refractivity contribution >= 4 is 23.2 Å². The highest BCUT2D eigenvalue weighted by Gasteiger charge is 2.20. The SMILES string of the molecule is Cc1c(Cl)cccc1C(N)c1c(Cl)cnn1CCN(C)C. The standard InChI is InChI=1S/C15H20Cl2N4/c1-10-11(5-4-6-12(10)16)14(18)15-13(17)9-19-21(15)8-7-20(2)3/h4-6,9,14H,7-8,18H2,1-3H3. The molecule has 0 aliphatic rings. The van der Waals surface area contributed by atoms with Crippen LogP contribution in [0, 0.1) is 6.92 Å². The Morgan fingerprint density at radius 1 is 1.29 bits per heavy atom. The lowest BCUT2D eigenvalue weighted by Crippen LogP contribution is -2.24. The second-order valence-electron chi connectivity index (χ2n) is 5.34. The molecule has 0 bridgehead atoms. The molecule has 0 aliphatic heterocycles. The highest BCUT2D eigenvalue weighted by atomic mass is 35.5. The quantitative estimate of drug-likeness (QED) is 0.918. The molecular weight excluding hydrogens is 307 g/mol. The summed E-state index contributed by atoms with van der Waals surface area (Å²) in [7, 11) is 4.04. The molecule has 1 heterocycles. The maximum Gasteiger partial charge on any atom is 0.0837 e. The molecule has 114 valence electrons. The van der Waals surface area contributed by atoms with Crippen molar-refractivity contribution in [2.45, 2.75) is 19.5 Å². The molecule has 0 spiro atoms. The van der Waals surface area contributed by atoms with Crippen LogP contribution in [0.2, 0.25) is 10.0 Å². The largest absolute Gasteiger partial charge is 0.319 e. The number of benzene rings is 1. The normalized spacial score (nSPS) is 12.9. The van der Waals surface area contributed by atoms with E-state index in [4.69, 9.17) is 28.9 Å². The van der Waals surface area contributed by atoms with Crippen molar-refractivity contribution in [2.75, 3.05) is 20.6 Å². The maximum atomic E-state index is 6.42. The van der Waals surface area contributed by atoms with Crippen LogP contribution in [0.1, 0.15) is 22.9 Å². The molecule has 4 nitrogen and oxygen atoms in total. The van der Waals surface area contributed by atoms with Crippen LogP contribution < -0.4 is 5.73 Å². The molecule has 6 heteroatoms. The molecular formula is C15H20Cl2N4. The fourth-order valence-corrected chi connectivity index (χ4v) is 2.70. The van der Waals surface area contributed by atoms with Gasteiger partial charge in [-0.3, -0.25) is 4.68 Å². The summed E-state index contributed by atoms with van der Waals surface area (Å²) in [5, 5.41) is 5.62. The molecule has 0 saturated heterocycles. The van der Waals surface area contributed by atoms with Gasteiger partial charge in [-0.25, -0.2) is 0 Å². The third kappa shape index (κ3) is 3.58. The van der Waals surface area contributed by atoms with Crippen LogP contribution >= 0.6 is 23.2 Å². The monoisotopic (exact) mass is 326 g/mol. The third-order valence-corrected chi connectivity index (χ3v) is 4.23. The summed E-state index contributed by atoms with van der Waals surface area (Å²) in [5.74, 6) is 0. The van der Waals surface area contributed by atoms with Crippen molar-refractivity contribution in [3.63, 3.8) is 0 Å². The predicted molar refractivity (Wildman–Crippen MR) is 88.0 cm³/mol. The number of aromatic nitrogens is 2. The highest BCUT2D eigenvalue weighted by molar-refractivity contribution is 6.31. The smallest absolute Gasteiger partial charge is 0.0837 e. The lowest BCUT2D eigenvalue weighted by atomic mass is 9.99. The predicted octanol–water partition coefficient (Wildman–Crippen LogP) is 3.11. The van der Waals surface area contributed by atoms with Gasteiger partial charge in [-0.2, -0.15) is 5.10 Å². The van der Waals surface area contributed by atoms with E-state index in [0.717, 1.165) is 29.9 Å². The van der Waals surface area contributed by atoms with Gasteiger partial charge in [0, 0.05) is 11.6 Å². The number of hydrogen-bond donors (Lipinski definition) is 1. The van der Waals surface area contributed by atoms with Crippen LogP contribution in [-0.4, -0.2) is 35.3 Å². The van der Waals surface area contributed by atoms with Crippen LogP contribution in [-0.2, 0) is 6.54 Å². The van der Waals surface area contributed by atoms with E-state index in [-0.39, 0.29) is 6.04 Å². The Kier molecular flexibility index (Phi) is 5.27. The summed E-state index contributed by atoms with van der Waals surface area (Å²) < 4.78 is 1.87. The number of rotatable bonds is 5. The van der Waals surface area contributed by atoms with Crippen LogP contribution in [0.15, 0.2) is 24.4 Å². The first-order chi connectivity index (χ1) is 9.91. The van der Waals surface area contributed by atoms with E-state index in [2.05, 4.69) is 10.00 Å². The Hall–Kier alpha value is -1.07. The summed E-state index contributed by atoms with van der Waals surface area (Å²) in [5.41, 5.74) is 9.19. The second-order valence-corrected chi connectivity index (χ2v) is 6.15. The van der Waals surface area contributed by atoms with E-state index >= 15 is 0 Å². The molecule has 1 aromatic carbocycles. The van der Waals surface area contributed by atoms with E-state index in [1.165, 1.54) is 0 Å². The first-order valence-electron chi connectivity index (χ1n) is 6.78. The average molecular weight is 327 g/mol. The van der Waals surface area contributed by atoms with Crippen LogP contribution in [0.3, 0.4) is 0 Å². The van der Waals surface area contributed by atoms with Gasteiger partial charge in [-0.15, -0.1) is 0 Å². The van der Waals surface area contributed by atoms with Crippen molar-refractivity contribution in [2.24, 2.45) is 5.73 Å². The summed E-state index contributed by atoms with van der Waals surface area (Å²) >= 11 is 12.5. The van der Waals surface area contributed by atoms with E-state index in [0.29, 0.717) is 10.0 Å². The molecule has 0 aliphatic carbocycles. The van der Waals surface area contributed by atoms with E-state index in [1.807, 2.05) is 43.9 Å². The zero-order valence-electron chi connectivity index (χ0n) is 12.5. The minimum atomic E-state index is -0.346. The Bertz CT molecular complexity index is 622. The van der Waals surface area contributed by atoms with Crippen molar-refractivity contribution in [3.8, 4) is 0 Å². The zero-order valence-corrected chi connectivity index (χ0v) is 14.0. The van der Waals surface area contributed by atoms with Crippen LogP contribution in [0.4, 0.5) is 0 Å². The van der Waals surface area contributed by atoms with Crippen molar-refractivity contribution in [3.05, 3.63) is 51.3 Å². The Labute approximate surface area is 135 Å². The molecule has 21 heavy (non-hydrogen) atoms. The van der Waals surface area contributed by atoms with Gasteiger partial charge in [0.15, 0.2) is 0 Å². The summed E-state index contributed by atoms with van der Waals surface area (Å²) in [4.78, 5) is 2.09. The van der Waals surface area contributed by atoms with Gasteiger partial charge in [-0.05, 0) is 38.2 Å². The fourth-order valence-electron chi connectivity index (χ4n) is 2.26. The molecule has 1 unspecified atom stereocenters. The van der Waals surface area contributed by atoms with Crippen molar-refractivity contribution in [1.29, 1.82) is 0 Å². The molecule has 0 saturated carbocycles. The van der Waals surface area contributed by atoms with Crippen LogP contribution in [0.25, 0.3) is 0 Å². The fraction of sp³-hybridized carbons (Fsp3) is 0.400. The van der Waals surface area contributed by atoms with Gasteiger partial charge >= 0.3 is 0 Å². The van der Waals surface area contributed by atoms with E-state index < -0.39 is 0 Å². The van der Waals surface area contributed by atoms with E-state index in [9.17, 15) is 0 Å². The Balaban J connectivity index is 2.36. The number of nitrogens with zero attached hydrogens (tertiary/aromatic N) is 3. The molecule has 0 fully saturated rings. The number of likely N-dealkylation sites (N-methyl/N-ethyl adjacent to an activating group) is 1. The molecule has 1 aromatic heterocycles. The first kappa shape index (κ1) is 16.3. The second kappa shape index (κ2) is 6.79. The third-order valence-electron chi connectivity index (χ3n) is 3.53. The minimum absolute atomic E-state index is 0.346. The Morgan fingerprint density at radius 3 is 2.67 bits per heavy atom. The number of hydrogen-bond acceptors (Lipinski definition) is 3. The van der Waals surface area contributed by atoms with Crippen LogP contribution in [0.5, 0.6) is 0 Å². The van der Waals surface area contributed by atoms with Crippen molar-refractivity contribution in [1.82, 2.24) is 14.7 Å². The van der Waals surface area contributed by atoms with Gasteiger partial charge in [0.05, 0.1) is 29.5 Å². The van der Waals surface area contributed by atoms with Gasteiger partial charge < -0.3 is 10.6 Å². The minimum Gasteiger partial charge on any atom is -0.319 e. The van der Waals surface area contributed by atoms with E-state index in [1.54, 1.807) is 6.20 Å². The summed E-state index contributed by atoms with van der Waals surface area (Å²) in [6.45, 7) is 3.57. The lowest BCUT2D eigenvalue weighted by molar-refractivity contribution is 0.368. The molecule has 1 atom stereocenters. The molecule has 2 rings (SSSR count). The van der Waals surface area contributed by atoms with Gasteiger partial charge in [0.1, 0.15) is 0 Å². The average Bonchev–Trinajstić information content (AvgIpc) is 2.80. The van der Waals surface area contributed by atoms with Crippen molar-refractivity contribution < 1.29 is 0 Å². The topological polar surface area (TPSA) is 47.1 Å². The first-order valence-corrected chi connectivity index (χ1v) is 7.54. The maximum absolute atomic E-state index is 6.42. The lowest BCUT2D eigenvalue weighted by Gasteiger charge is -2.19. The van der Waals surface area contributed by atoms with Gasteiger partial charge in [0.2, 0.25) is 0 Å². The van der Waals surface area contributed by atoms with Gasteiger partial charge in [-0.1, -0.05) is 35.3 Å². The summed E-state index contributed by atoms with van der Waals surface area (Å²) in [6, 6.07) is 5.39. The Morgan fingerprint density at radius 2 is 2.00 bits per heavy atom. The number of halogens is 2. The number of nitrogens with two attached hydrogens (primary N) is 1. The summed E-state index contributed by atoms with van der Waals surface area (Å²) in [6.07, 6.45) is 1.65.